The second-order valence-electron chi connectivity index (χ2n) is 2.71. The van der Waals surface area contributed by atoms with Gasteiger partial charge >= 0.3 is 0 Å². The first-order valence-corrected chi connectivity index (χ1v) is 4.34. The van der Waals surface area contributed by atoms with Crippen molar-refractivity contribution in [3.8, 4) is 17.6 Å². The molecule has 14 heavy (non-hydrogen) atoms. The zero-order valence-electron chi connectivity index (χ0n) is 8.22. The number of halogens is 1. The molecule has 1 aromatic carbocycles. The van der Waals surface area contributed by atoms with E-state index in [-0.39, 0.29) is 0 Å². The third-order valence-corrected chi connectivity index (χ3v) is 2.25. The van der Waals surface area contributed by atoms with Crippen LogP contribution in [0.5, 0.6) is 11.5 Å². The van der Waals surface area contributed by atoms with Crippen LogP contribution >= 0.6 is 11.6 Å². The summed E-state index contributed by atoms with van der Waals surface area (Å²) < 4.78 is 10.2. The van der Waals surface area contributed by atoms with Crippen LogP contribution in [-0.4, -0.2) is 14.2 Å². The molecular formula is C10H10ClNO2. The highest BCUT2D eigenvalue weighted by atomic mass is 35.5. The molecule has 0 heterocycles. The van der Waals surface area contributed by atoms with Crippen molar-refractivity contribution in [1.29, 1.82) is 5.26 Å². The van der Waals surface area contributed by atoms with E-state index in [0.29, 0.717) is 22.1 Å². The second-order valence-corrected chi connectivity index (χ2v) is 3.12. The van der Waals surface area contributed by atoms with E-state index >= 15 is 0 Å². The first-order valence-electron chi connectivity index (χ1n) is 3.96. The summed E-state index contributed by atoms with van der Waals surface area (Å²) in [4.78, 5) is 0. The molecule has 74 valence electrons. The van der Waals surface area contributed by atoms with E-state index in [1.807, 2.05) is 6.07 Å². The number of nitriles is 1. The van der Waals surface area contributed by atoms with E-state index in [9.17, 15) is 0 Å². The highest BCUT2D eigenvalue weighted by Crippen LogP contribution is 2.39. The minimum absolute atomic E-state index is 0.381. The minimum atomic E-state index is 0.381. The fourth-order valence-corrected chi connectivity index (χ4v) is 1.53. The molecule has 0 saturated carbocycles. The Balaban J connectivity index is 3.50. The Morgan fingerprint density at radius 2 is 1.86 bits per heavy atom. The Bertz CT molecular complexity index is 392. The lowest BCUT2D eigenvalue weighted by atomic mass is 10.1. The summed E-state index contributed by atoms with van der Waals surface area (Å²) in [6.07, 6.45) is 0. The first kappa shape index (κ1) is 10.7. The van der Waals surface area contributed by atoms with Crippen LogP contribution in [0.25, 0.3) is 0 Å². The predicted octanol–water partition coefficient (Wildman–Crippen LogP) is 2.54. The number of ether oxygens (including phenoxy) is 2. The van der Waals surface area contributed by atoms with Crippen LogP contribution in [0.4, 0.5) is 0 Å². The quantitative estimate of drug-likeness (QED) is 0.755. The Hall–Kier alpha value is -1.40. The van der Waals surface area contributed by atoms with Gasteiger partial charge in [0.05, 0.1) is 30.9 Å². The second kappa shape index (κ2) is 4.21. The van der Waals surface area contributed by atoms with E-state index < -0.39 is 0 Å². The van der Waals surface area contributed by atoms with Crippen molar-refractivity contribution in [3.63, 3.8) is 0 Å². The van der Waals surface area contributed by atoms with E-state index in [0.717, 1.165) is 5.56 Å². The zero-order chi connectivity index (χ0) is 10.7. The minimum Gasteiger partial charge on any atom is -0.492 e. The normalized spacial score (nSPS) is 9.36. The molecule has 0 spiro atoms. The molecule has 0 unspecified atom stereocenters. The highest BCUT2D eigenvalue weighted by Gasteiger charge is 2.15. The van der Waals surface area contributed by atoms with Crippen LogP contribution in [0.15, 0.2) is 6.07 Å². The van der Waals surface area contributed by atoms with Crippen molar-refractivity contribution in [1.82, 2.24) is 0 Å². The Kier molecular flexibility index (Phi) is 3.21. The summed E-state index contributed by atoms with van der Waals surface area (Å²) in [7, 11) is 3.03. The van der Waals surface area contributed by atoms with E-state index in [1.165, 1.54) is 14.2 Å². The van der Waals surface area contributed by atoms with Crippen LogP contribution in [0.1, 0.15) is 11.1 Å². The van der Waals surface area contributed by atoms with Gasteiger partial charge in [0.2, 0.25) is 0 Å². The van der Waals surface area contributed by atoms with E-state index in [4.69, 9.17) is 26.3 Å². The summed E-state index contributed by atoms with van der Waals surface area (Å²) in [6.45, 7) is 1.79. The van der Waals surface area contributed by atoms with Crippen molar-refractivity contribution in [3.05, 3.63) is 22.2 Å². The first-order chi connectivity index (χ1) is 6.65. The molecule has 0 amide bonds. The lowest BCUT2D eigenvalue weighted by molar-refractivity contribution is 0.353. The van der Waals surface area contributed by atoms with Gasteiger partial charge in [-0.3, -0.25) is 0 Å². The predicted molar refractivity (Wildman–Crippen MR) is 54.0 cm³/mol. The molecule has 0 bridgehead atoms. The van der Waals surface area contributed by atoms with Crippen molar-refractivity contribution in [2.45, 2.75) is 6.92 Å². The molecule has 0 fully saturated rings. The summed E-state index contributed by atoms with van der Waals surface area (Å²) in [5.74, 6) is 0.974. The Morgan fingerprint density at radius 3 is 2.29 bits per heavy atom. The molecule has 1 aromatic rings. The van der Waals surface area contributed by atoms with Gasteiger partial charge in [0.15, 0.2) is 11.5 Å². The summed E-state index contributed by atoms with van der Waals surface area (Å²) in [6, 6.07) is 3.61. The van der Waals surface area contributed by atoms with Crippen LogP contribution < -0.4 is 9.47 Å². The molecule has 0 aliphatic heterocycles. The summed E-state index contributed by atoms with van der Waals surface area (Å²) in [5.41, 5.74) is 1.23. The molecule has 0 saturated heterocycles. The van der Waals surface area contributed by atoms with Gasteiger partial charge in [-0.15, -0.1) is 0 Å². The molecular weight excluding hydrogens is 202 g/mol. The molecule has 0 aliphatic carbocycles. The molecule has 0 radical (unpaired) electrons. The van der Waals surface area contributed by atoms with Gasteiger partial charge in [0.1, 0.15) is 0 Å². The van der Waals surface area contributed by atoms with Gasteiger partial charge in [-0.1, -0.05) is 11.6 Å². The average Bonchev–Trinajstić information content (AvgIpc) is 2.20. The highest BCUT2D eigenvalue weighted by molar-refractivity contribution is 6.32. The molecule has 3 nitrogen and oxygen atoms in total. The van der Waals surface area contributed by atoms with Gasteiger partial charge in [-0.05, 0) is 13.0 Å². The van der Waals surface area contributed by atoms with Crippen LogP contribution in [-0.2, 0) is 0 Å². The molecule has 0 atom stereocenters. The average molecular weight is 212 g/mol. The maximum Gasteiger partial charge on any atom is 0.179 e. The van der Waals surface area contributed by atoms with Crippen LogP contribution in [0.3, 0.4) is 0 Å². The largest absolute Gasteiger partial charge is 0.492 e. The van der Waals surface area contributed by atoms with Crippen LogP contribution in [0.2, 0.25) is 5.02 Å². The van der Waals surface area contributed by atoms with Gasteiger partial charge in [-0.2, -0.15) is 5.26 Å². The third kappa shape index (κ3) is 1.61. The van der Waals surface area contributed by atoms with E-state index in [2.05, 4.69) is 0 Å². The van der Waals surface area contributed by atoms with Crippen molar-refractivity contribution in [2.75, 3.05) is 14.2 Å². The number of nitrogens with zero attached hydrogens (tertiary/aromatic N) is 1. The monoisotopic (exact) mass is 211 g/mol. The van der Waals surface area contributed by atoms with Crippen molar-refractivity contribution in [2.24, 2.45) is 0 Å². The maximum absolute atomic E-state index is 8.82. The zero-order valence-corrected chi connectivity index (χ0v) is 8.97. The summed E-state index contributed by atoms with van der Waals surface area (Å²) in [5, 5.41) is 9.20. The number of hydrogen-bond donors (Lipinski definition) is 0. The molecule has 0 N–H and O–H groups in total. The number of methoxy groups -OCH3 is 2. The van der Waals surface area contributed by atoms with Crippen molar-refractivity contribution < 1.29 is 9.47 Å². The smallest absolute Gasteiger partial charge is 0.179 e. The molecule has 4 heteroatoms. The maximum atomic E-state index is 8.82. The van der Waals surface area contributed by atoms with Gasteiger partial charge in [-0.25, -0.2) is 0 Å². The Labute approximate surface area is 87.8 Å². The number of hydrogen-bond acceptors (Lipinski definition) is 3. The lowest BCUT2D eigenvalue weighted by Crippen LogP contribution is -1.96. The van der Waals surface area contributed by atoms with E-state index in [1.54, 1.807) is 13.0 Å². The molecule has 1 rings (SSSR count). The van der Waals surface area contributed by atoms with Gasteiger partial charge < -0.3 is 9.47 Å². The van der Waals surface area contributed by atoms with Gasteiger partial charge in [0.25, 0.3) is 0 Å². The number of rotatable bonds is 2. The van der Waals surface area contributed by atoms with Crippen LogP contribution in [0, 0.1) is 18.3 Å². The number of benzene rings is 1. The van der Waals surface area contributed by atoms with Gasteiger partial charge in [0, 0.05) is 5.56 Å². The third-order valence-electron chi connectivity index (χ3n) is 1.97. The Morgan fingerprint density at radius 1 is 1.29 bits per heavy atom. The lowest BCUT2D eigenvalue weighted by Gasteiger charge is -2.12. The fourth-order valence-electron chi connectivity index (χ4n) is 1.25. The standard InChI is InChI=1S/C10H10ClNO2/c1-6-7(5-12)4-8(11)10(14-3)9(6)13-2/h4H,1-3H3. The molecule has 0 aromatic heterocycles. The van der Waals surface area contributed by atoms with Crippen molar-refractivity contribution >= 4 is 11.6 Å². The SMILES string of the molecule is COc1c(Cl)cc(C#N)c(C)c1OC. The molecule has 0 aliphatic rings. The fraction of sp³-hybridized carbons (Fsp3) is 0.300. The topological polar surface area (TPSA) is 42.2 Å². The summed E-state index contributed by atoms with van der Waals surface area (Å²) >= 11 is 5.91.